The summed E-state index contributed by atoms with van der Waals surface area (Å²) in [5.41, 5.74) is 4.02. The highest BCUT2D eigenvalue weighted by atomic mass is 16.5. The maximum absolute atomic E-state index is 12.2. The maximum atomic E-state index is 12.2. The summed E-state index contributed by atoms with van der Waals surface area (Å²) in [6, 6.07) is 29.8. The molecular weight excluding hydrogens is 372 g/mol. The summed E-state index contributed by atoms with van der Waals surface area (Å²) in [6.07, 6.45) is 0. The fraction of sp³-hybridized carbons (Fsp3) is 0.0741. The summed E-state index contributed by atoms with van der Waals surface area (Å²) in [6.45, 7) is 2.40. The van der Waals surface area contributed by atoms with Crippen LogP contribution in [0.25, 0.3) is 32.9 Å². The largest absolute Gasteiger partial charge is 0.488 e. The van der Waals surface area contributed by atoms with E-state index in [1.807, 2.05) is 67.6 Å². The molecule has 0 bridgehead atoms. The van der Waals surface area contributed by atoms with E-state index in [0.717, 1.165) is 27.6 Å². The Morgan fingerprint density at radius 2 is 1.60 bits per heavy atom. The van der Waals surface area contributed by atoms with Crippen molar-refractivity contribution in [1.82, 2.24) is 0 Å². The van der Waals surface area contributed by atoms with Gasteiger partial charge in [-0.3, -0.25) is 0 Å². The van der Waals surface area contributed by atoms with Crippen LogP contribution >= 0.6 is 0 Å². The molecular formula is C27H20O3. The van der Waals surface area contributed by atoms with Crippen molar-refractivity contribution in [3.8, 4) is 16.9 Å². The van der Waals surface area contributed by atoms with E-state index in [2.05, 4.69) is 24.3 Å². The molecule has 0 saturated heterocycles. The van der Waals surface area contributed by atoms with E-state index < -0.39 is 0 Å². The van der Waals surface area contributed by atoms with Crippen molar-refractivity contribution in [2.45, 2.75) is 13.5 Å². The molecule has 0 aliphatic rings. The van der Waals surface area contributed by atoms with Gasteiger partial charge in [-0.15, -0.1) is 0 Å². The van der Waals surface area contributed by atoms with Gasteiger partial charge in [0.2, 0.25) is 0 Å². The second-order valence-corrected chi connectivity index (χ2v) is 7.41. The quantitative estimate of drug-likeness (QED) is 0.328. The highest BCUT2D eigenvalue weighted by Crippen LogP contribution is 2.36. The number of rotatable bonds is 4. The molecule has 30 heavy (non-hydrogen) atoms. The highest BCUT2D eigenvalue weighted by Gasteiger charge is 2.14. The van der Waals surface area contributed by atoms with Crippen LogP contribution < -0.4 is 10.4 Å². The van der Waals surface area contributed by atoms with Crippen molar-refractivity contribution in [1.29, 1.82) is 0 Å². The molecule has 3 nitrogen and oxygen atoms in total. The first-order valence-electron chi connectivity index (χ1n) is 9.92. The molecule has 5 rings (SSSR count). The van der Waals surface area contributed by atoms with Gasteiger partial charge in [-0.25, -0.2) is 4.79 Å². The number of fused-ring (bicyclic) bond motifs is 2. The molecule has 0 aliphatic heterocycles. The Bertz CT molecular complexity index is 1410. The van der Waals surface area contributed by atoms with Gasteiger partial charge in [-0.2, -0.15) is 0 Å². The third kappa shape index (κ3) is 3.35. The lowest BCUT2D eigenvalue weighted by Gasteiger charge is -2.14. The van der Waals surface area contributed by atoms with Crippen LogP contribution in [0.4, 0.5) is 0 Å². The number of hydrogen-bond donors (Lipinski definition) is 0. The average molecular weight is 392 g/mol. The van der Waals surface area contributed by atoms with Gasteiger partial charge >= 0.3 is 5.63 Å². The summed E-state index contributed by atoms with van der Waals surface area (Å²) >= 11 is 0. The van der Waals surface area contributed by atoms with Crippen molar-refractivity contribution in [2.24, 2.45) is 0 Å². The molecule has 4 aromatic carbocycles. The lowest BCUT2D eigenvalue weighted by Crippen LogP contribution is -2.02. The zero-order valence-corrected chi connectivity index (χ0v) is 16.6. The minimum absolute atomic E-state index is 0.369. The molecule has 0 saturated carbocycles. The van der Waals surface area contributed by atoms with Crippen molar-refractivity contribution in [2.75, 3.05) is 0 Å². The van der Waals surface area contributed by atoms with Crippen molar-refractivity contribution in [3.63, 3.8) is 0 Å². The van der Waals surface area contributed by atoms with Crippen LogP contribution in [0.3, 0.4) is 0 Å². The minimum Gasteiger partial charge on any atom is -0.488 e. The molecule has 0 spiro atoms. The molecule has 0 radical (unpaired) electrons. The zero-order valence-electron chi connectivity index (χ0n) is 16.6. The molecule has 0 atom stereocenters. The lowest BCUT2D eigenvalue weighted by molar-refractivity contribution is 0.311. The molecule has 0 fully saturated rings. The van der Waals surface area contributed by atoms with Crippen LogP contribution in [0.15, 0.2) is 100 Å². The van der Waals surface area contributed by atoms with E-state index in [4.69, 9.17) is 9.15 Å². The van der Waals surface area contributed by atoms with E-state index in [0.29, 0.717) is 17.9 Å². The zero-order chi connectivity index (χ0) is 20.5. The number of benzene rings is 4. The predicted octanol–water partition coefficient (Wildman–Crippen LogP) is 6.50. The molecule has 0 amide bonds. The second kappa shape index (κ2) is 7.53. The van der Waals surface area contributed by atoms with Crippen LogP contribution in [0, 0.1) is 6.92 Å². The first kappa shape index (κ1) is 18.2. The predicted molar refractivity (Wildman–Crippen MR) is 121 cm³/mol. The Balaban J connectivity index is 1.64. The SMILES string of the molecule is Cc1cc(OCc2cccc3ccccc23)c2c(-c3ccccc3)cc(=O)oc2c1. The van der Waals surface area contributed by atoms with E-state index in [9.17, 15) is 4.79 Å². The van der Waals surface area contributed by atoms with Crippen LogP contribution in [-0.4, -0.2) is 0 Å². The minimum atomic E-state index is -0.369. The molecule has 0 N–H and O–H groups in total. The van der Waals surface area contributed by atoms with Crippen molar-refractivity contribution >= 4 is 21.7 Å². The highest BCUT2D eigenvalue weighted by molar-refractivity contribution is 5.98. The maximum Gasteiger partial charge on any atom is 0.336 e. The fourth-order valence-corrected chi connectivity index (χ4v) is 3.93. The second-order valence-electron chi connectivity index (χ2n) is 7.41. The van der Waals surface area contributed by atoms with Gasteiger partial charge in [0.25, 0.3) is 0 Å². The van der Waals surface area contributed by atoms with Crippen LogP contribution in [0.2, 0.25) is 0 Å². The van der Waals surface area contributed by atoms with Crippen molar-refractivity contribution in [3.05, 3.63) is 113 Å². The third-order valence-electron chi connectivity index (χ3n) is 5.30. The van der Waals surface area contributed by atoms with Gasteiger partial charge in [0.1, 0.15) is 17.9 Å². The van der Waals surface area contributed by atoms with Crippen LogP contribution in [0.1, 0.15) is 11.1 Å². The summed E-state index contributed by atoms with van der Waals surface area (Å²) in [7, 11) is 0. The topological polar surface area (TPSA) is 39.4 Å². The van der Waals surface area contributed by atoms with E-state index in [1.54, 1.807) is 0 Å². The standard InChI is InChI=1S/C27H20O3/c1-18-14-24(29-17-21-12-7-11-19-10-5-6-13-22(19)21)27-23(20-8-3-2-4-9-20)16-26(28)30-25(27)15-18/h2-16H,17H2,1H3. The van der Waals surface area contributed by atoms with E-state index >= 15 is 0 Å². The number of ether oxygens (including phenoxy) is 1. The Kier molecular flexibility index (Phi) is 4.56. The number of hydrogen-bond acceptors (Lipinski definition) is 3. The summed E-state index contributed by atoms with van der Waals surface area (Å²) in [4.78, 5) is 12.2. The van der Waals surface area contributed by atoms with E-state index in [1.165, 1.54) is 16.8 Å². The summed E-state index contributed by atoms with van der Waals surface area (Å²) in [5, 5.41) is 3.17. The molecule has 3 heteroatoms. The molecule has 0 aliphatic carbocycles. The first-order chi connectivity index (χ1) is 14.7. The van der Waals surface area contributed by atoms with E-state index in [-0.39, 0.29) is 5.63 Å². The Hall–Kier alpha value is -3.85. The molecule has 146 valence electrons. The molecule has 1 aromatic heterocycles. The van der Waals surface area contributed by atoms with Crippen LogP contribution in [0.5, 0.6) is 5.75 Å². The monoisotopic (exact) mass is 392 g/mol. The Morgan fingerprint density at radius 3 is 2.47 bits per heavy atom. The molecule has 5 aromatic rings. The summed E-state index contributed by atoms with van der Waals surface area (Å²) < 4.78 is 11.9. The fourth-order valence-electron chi connectivity index (χ4n) is 3.93. The van der Waals surface area contributed by atoms with Gasteiger partial charge in [0, 0.05) is 11.6 Å². The number of aryl methyl sites for hydroxylation is 1. The first-order valence-corrected chi connectivity index (χ1v) is 9.92. The normalized spacial score (nSPS) is 11.1. The third-order valence-corrected chi connectivity index (χ3v) is 5.30. The molecule has 1 heterocycles. The average Bonchev–Trinajstić information content (AvgIpc) is 2.77. The van der Waals surface area contributed by atoms with Gasteiger partial charge in [-0.1, -0.05) is 72.8 Å². The summed E-state index contributed by atoms with van der Waals surface area (Å²) in [5.74, 6) is 0.709. The Morgan fingerprint density at radius 1 is 0.833 bits per heavy atom. The van der Waals surface area contributed by atoms with Gasteiger partial charge < -0.3 is 9.15 Å². The molecule has 0 unspecified atom stereocenters. The van der Waals surface area contributed by atoms with Gasteiger partial charge in [0.05, 0.1) is 5.39 Å². The van der Waals surface area contributed by atoms with Crippen LogP contribution in [-0.2, 0) is 6.61 Å². The van der Waals surface area contributed by atoms with Gasteiger partial charge in [-0.05, 0) is 46.5 Å². The lowest BCUT2D eigenvalue weighted by atomic mass is 10.00. The van der Waals surface area contributed by atoms with Gasteiger partial charge in [0.15, 0.2) is 0 Å². The smallest absolute Gasteiger partial charge is 0.336 e. The van der Waals surface area contributed by atoms with Crippen molar-refractivity contribution < 1.29 is 9.15 Å². The Labute approximate surface area is 174 Å².